The van der Waals surface area contributed by atoms with E-state index in [4.69, 9.17) is 12.2 Å². The van der Waals surface area contributed by atoms with Gasteiger partial charge in [-0.25, -0.2) is 4.99 Å². The second-order valence-electron chi connectivity index (χ2n) is 4.67. The predicted octanol–water partition coefficient (Wildman–Crippen LogP) is 4.88. The minimum atomic E-state index is 0.679. The van der Waals surface area contributed by atoms with Crippen molar-refractivity contribution in [2.45, 2.75) is 0 Å². The molecule has 6 heteroatoms. The lowest BCUT2D eigenvalue weighted by Gasteiger charge is -2.20. The maximum Gasteiger partial charge on any atom is 0.179 e. The van der Waals surface area contributed by atoms with E-state index in [0.29, 0.717) is 5.11 Å². The maximum atomic E-state index is 5.54. The summed E-state index contributed by atoms with van der Waals surface area (Å²) in [7, 11) is 0. The number of rotatable bonds is 2. The third-order valence-corrected chi connectivity index (χ3v) is 4.85. The molecule has 0 unspecified atom stereocenters. The van der Waals surface area contributed by atoms with E-state index in [0.717, 1.165) is 33.3 Å². The molecular formula is C16H14BrN3S2. The van der Waals surface area contributed by atoms with Crippen molar-refractivity contribution in [1.29, 1.82) is 0 Å². The number of halogens is 1. The van der Waals surface area contributed by atoms with Gasteiger partial charge in [0.2, 0.25) is 0 Å². The highest BCUT2D eigenvalue weighted by molar-refractivity contribution is 9.10. The number of nitrogens with zero attached hydrogens (tertiary/aromatic N) is 2. The average molecular weight is 392 g/mol. The Kier molecular flexibility index (Phi) is 5.12. The fourth-order valence-corrected chi connectivity index (χ4v) is 3.77. The summed E-state index contributed by atoms with van der Waals surface area (Å²) < 4.78 is 1.02. The fraction of sp³-hybridized carbons (Fsp3) is 0.125. The van der Waals surface area contributed by atoms with Gasteiger partial charge >= 0.3 is 0 Å². The van der Waals surface area contributed by atoms with Crippen LogP contribution in [0.25, 0.3) is 0 Å². The van der Waals surface area contributed by atoms with Crippen LogP contribution in [-0.2, 0) is 0 Å². The second-order valence-corrected chi connectivity index (χ2v) is 7.03. The molecule has 3 nitrogen and oxygen atoms in total. The monoisotopic (exact) mass is 391 g/mol. The Balaban J connectivity index is 1.75. The van der Waals surface area contributed by atoms with Gasteiger partial charge in [0.25, 0.3) is 0 Å². The van der Waals surface area contributed by atoms with Gasteiger partial charge in [-0.1, -0.05) is 52.0 Å². The summed E-state index contributed by atoms with van der Waals surface area (Å²) in [5.41, 5.74) is 1.91. The molecule has 0 aromatic heterocycles. The number of amidine groups is 1. The first-order chi connectivity index (χ1) is 10.7. The molecule has 3 rings (SSSR count). The van der Waals surface area contributed by atoms with Crippen LogP contribution in [0.1, 0.15) is 0 Å². The molecule has 22 heavy (non-hydrogen) atoms. The van der Waals surface area contributed by atoms with Crippen molar-refractivity contribution >= 4 is 61.6 Å². The van der Waals surface area contributed by atoms with Crippen LogP contribution >= 0.6 is 39.9 Å². The Bertz CT molecular complexity index is 704. The molecular weight excluding hydrogens is 378 g/mol. The molecule has 1 fully saturated rings. The molecule has 1 aliphatic heterocycles. The zero-order valence-electron chi connectivity index (χ0n) is 11.7. The largest absolute Gasteiger partial charge is 0.332 e. The van der Waals surface area contributed by atoms with Gasteiger partial charge in [0, 0.05) is 22.5 Å². The molecule has 112 valence electrons. The number of para-hydroxylation sites is 1. The first-order valence-corrected chi connectivity index (χ1v) is 9.02. The van der Waals surface area contributed by atoms with Gasteiger partial charge < -0.3 is 5.32 Å². The first-order valence-electron chi connectivity index (χ1n) is 6.83. The van der Waals surface area contributed by atoms with Crippen LogP contribution < -0.4 is 5.32 Å². The Morgan fingerprint density at radius 2 is 2.00 bits per heavy atom. The molecule has 0 spiro atoms. The van der Waals surface area contributed by atoms with E-state index in [1.54, 1.807) is 11.8 Å². The number of thioether (sulfide) groups is 1. The molecule has 2 aromatic carbocycles. The number of anilines is 1. The fourth-order valence-electron chi connectivity index (χ4n) is 2.05. The van der Waals surface area contributed by atoms with E-state index in [-0.39, 0.29) is 0 Å². The number of hydrogen-bond donors (Lipinski definition) is 1. The summed E-state index contributed by atoms with van der Waals surface area (Å²) in [6.07, 6.45) is 0. The van der Waals surface area contributed by atoms with Gasteiger partial charge in [-0.2, -0.15) is 0 Å². The summed E-state index contributed by atoms with van der Waals surface area (Å²) in [6.45, 7) is 0.871. The highest BCUT2D eigenvalue weighted by Gasteiger charge is 2.23. The van der Waals surface area contributed by atoms with Gasteiger partial charge in [-0.15, -0.1) is 0 Å². The molecule has 0 aliphatic carbocycles. The lowest BCUT2D eigenvalue weighted by atomic mass is 10.3. The van der Waals surface area contributed by atoms with Gasteiger partial charge in [0.1, 0.15) is 0 Å². The van der Waals surface area contributed by atoms with Crippen molar-refractivity contribution in [2.24, 2.45) is 4.99 Å². The number of thiocarbonyl (C=S) groups is 1. The van der Waals surface area contributed by atoms with E-state index in [9.17, 15) is 0 Å². The standard InChI is InChI=1S/C16H14BrN3S2/c17-12-5-4-8-14(11-12)18-15(21)20-9-10-22-16(20)19-13-6-2-1-3-7-13/h1-8,11H,9-10H2,(H,18,21)/b19-16+. The predicted molar refractivity (Wildman–Crippen MR) is 103 cm³/mol. The molecule has 0 atom stereocenters. The van der Waals surface area contributed by atoms with Crippen LogP contribution in [0, 0.1) is 0 Å². The van der Waals surface area contributed by atoms with Crippen LogP contribution in [0.5, 0.6) is 0 Å². The number of benzene rings is 2. The van der Waals surface area contributed by atoms with Crippen LogP contribution in [0.15, 0.2) is 64.1 Å². The van der Waals surface area contributed by atoms with Crippen molar-refractivity contribution in [3.05, 3.63) is 59.1 Å². The Morgan fingerprint density at radius 3 is 2.77 bits per heavy atom. The van der Waals surface area contributed by atoms with Crippen molar-refractivity contribution in [3.8, 4) is 0 Å². The molecule has 0 bridgehead atoms. The highest BCUT2D eigenvalue weighted by Crippen LogP contribution is 2.24. The molecule has 1 aliphatic rings. The quantitative estimate of drug-likeness (QED) is 0.737. The SMILES string of the molecule is S=C(Nc1cccc(Br)c1)N1CCS/C1=N/c1ccccc1. The van der Waals surface area contributed by atoms with E-state index >= 15 is 0 Å². The third-order valence-electron chi connectivity index (χ3n) is 3.08. The molecule has 1 N–H and O–H groups in total. The molecule has 0 radical (unpaired) electrons. The van der Waals surface area contributed by atoms with E-state index in [2.05, 4.69) is 26.2 Å². The molecule has 0 saturated carbocycles. The van der Waals surface area contributed by atoms with E-state index in [1.807, 2.05) is 59.5 Å². The summed E-state index contributed by atoms with van der Waals surface area (Å²) in [4.78, 5) is 6.74. The lowest BCUT2D eigenvalue weighted by molar-refractivity contribution is 0.687. The molecule has 0 amide bonds. The van der Waals surface area contributed by atoms with E-state index < -0.39 is 0 Å². The summed E-state index contributed by atoms with van der Waals surface area (Å²) in [6, 6.07) is 17.9. The van der Waals surface area contributed by atoms with Crippen molar-refractivity contribution < 1.29 is 0 Å². The van der Waals surface area contributed by atoms with Crippen molar-refractivity contribution in [1.82, 2.24) is 4.90 Å². The molecule has 1 saturated heterocycles. The number of nitrogens with one attached hydrogen (secondary N) is 1. The van der Waals surface area contributed by atoms with Crippen LogP contribution in [-0.4, -0.2) is 27.5 Å². The molecule has 2 aromatic rings. The zero-order chi connectivity index (χ0) is 15.4. The second kappa shape index (κ2) is 7.26. The van der Waals surface area contributed by atoms with Gasteiger partial charge in [0.15, 0.2) is 10.3 Å². The Morgan fingerprint density at radius 1 is 1.18 bits per heavy atom. The van der Waals surface area contributed by atoms with Crippen LogP contribution in [0.3, 0.4) is 0 Å². The molecule has 1 heterocycles. The van der Waals surface area contributed by atoms with Crippen molar-refractivity contribution in [3.63, 3.8) is 0 Å². The van der Waals surface area contributed by atoms with Crippen LogP contribution in [0.4, 0.5) is 11.4 Å². The van der Waals surface area contributed by atoms with Gasteiger partial charge in [0.05, 0.1) is 5.69 Å². The summed E-state index contributed by atoms with van der Waals surface area (Å²) >= 11 is 10.7. The lowest BCUT2D eigenvalue weighted by Crippen LogP contribution is -2.35. The van der Waals surface area contributed by atoms with Gasteiger partial charge in [-0.05, 0) is 42.5 Å². The minimum absolute atomic E-state index is 0.679. The Hall–Kier alpha value is -1.37. The van der Waals surface area contributed by atoms with E-state index in [1.165, 1.54) is 0 Å². The minimum Gasteiger partial charge on any atom is -0.332 e. The topological polar surface area (TPSA) is 27.6 Å². The zero-order valence-corrected chi connectivity index (χ0v) is 14.9. The van der Waals surface area contributed by atoms with Crippen molar-refractivity contribution in [2.75, 3.05) is 17.6 Å². The summed E-state index contributed by atoms with van der Waals surface area (Å²) in [5.74, 6) is 0.992. The average Bonchev–Trinajstić information content (AvgIpc) is 2.96. The Labute approximate surface area is 147 Å². The highest BCUT2D eigenvalue weighted by atomic mass is 79.9. The first kappa shape index (κ1) is 15.5. The number of hydrogen-bond acceptors (Lipinski definition) is 3. The summed E-state index contributed by atoms with van der Waals surface area (Å²) in [5, 5.41) is 4.90. The van der Waals surface area contributed by atoms with Crippen LogP contribution in [0.2, 0.25) is 0 Å². The number of aliphatic imine (C=N–C) groups is 1. The third kappa shape index (κ3) is 3.88. The smallest absolute Gasteiger partial charge is 0.179 e. The van der Waals surface area contributed by atoms with Gasteiger partial charge in [-0.3, -0.25) is 4.90 Å². The maximum absolute atomic E-state index is 5.54. The normalized spacial score (nSPS) is 16.0.